The molecule has 2 amide bonds. The summed E-state index contributed by atoms with van der Waals surface area (Å²) in [4.78, 5) is 14.3. The first-order valence-corrected chi connectivity index (χ1v) is 8.85. The van der Waals surface area contributed by atoms with E-state index in [1.54, 1.807) is 0 Å². The summed E-state index contributed by atoms with van der Waals surface area (Å²) in [5, 5.41) is 3.13. The Hall–Kier alpha value is -1.99. The molecule has 0 aromatic heterocycles. The Morgan fingerprint density at radius 1 is 1.04 bits per heavy atom. The van der Waals surface area contributed by atoms with Gasteiger partial charge in [0.1, 0.15) is 0 Å². The summed E-state index contributed by atoms with van der Waals surface area (Å²) in [5.74, 6) is 1.56. The molecule has 136 valence electrons. The summed E-state index contributed by atoms with van der Waals surface area (Å²) in [6.07, 6.45) is 1.74. The Bertz CT molecular complexity index is 624. The Kier molecular flexibility index (Phi) is 4.67. The van der Waals surface area contributed by atoms with E-state index in [1.165, 1.54) is 5.56 Å². The van der Waals surface area contributed by atoms with Crippen LogP contribution < -0.4 is 14.8 Å². The molecule has 4 rings (SSSR count). The van der Waals surface area contributed by atoms with Crippen LogP contribution in [-0.4, -0.2) is 63.8 Å². The molecular weight excluding hydrogens is 324 g/mol. The van der Waals surface area contributed by atoms with Crippen LogP contribution in [0.25, 0.3) is 0 Å². The highest BCUT2D eigenvalue weighted by Crippen LogP contribution is 2.40. The molecule has 0 spiro atoms. The van der Waals surface area contributed by atoms with Crippen molar-refractivity contribution >= 4 is 6.03 Å². The molecule has 0 unspecified atom stereocenters. The van der Waals surface area contributed by atoms with Crippen LogP contribution in [0.15, 0.2) is 18.2 Å². The van der Waals surface area contributed by atoms with Gasteiger partial charge in [-0.3, -0.25) is 0 Å². The van der Waals surface area contributed by atoms with E-state index >= 15 is 0 Å². The smallest absolute Gasteiger partial charge is 0.317 e. The molecule has 3 aliphatic heterocycles. The van der Waals surface area contributed by atoms with Gasteiger partial charge in [0.25, 0.3) is 0 Å². The number of carbonyl (C=O) groups excluding carboxylic acids is 1. The Morgan fingerprint density at radius 2 is 1.76 bits per heavy atom. The number of urea groups is 1. The van der Waals surface area contributed by atoms with E-state index in [4.69, 9.17) is 18.9 Å². The van der Waals surface area contributed by atoms with Crippen molar-refractivity contribution in [2.45, 2.75) is 18.3 Å². The predicted octanol–water partition coefficient (Wildman–Crippen LogP) is 1.51. The second-order valence-corrected chi connectivity index (χ2v) is 6.72. The molecule has 3 heterocycles. The zero-order chi connectivity index (χ0) is 17.1. The molecule has 0 saturated carbocycles. The van der Waals surface area contributed by atoms with E-state index in [2.05, 4.69) is 17.4 Å². The van der Waals surface area contributed by atoms with E-state index in [9.17, 15) is 4.79 Å². The van der Waals surface area contributed by atoms with Crippen LogP contribution in [0.4, 0.5) is 4.79 Å². The van der Waals surface area contributed by atoms with Gasteiger partial charge in [-0.2, -0.15) is 0 Å². The van der Waals surface area contributed by atoms with Gasteiger partial charge in [0, 0.05) is 38.3 Å². The molecule has 7 nitrogen and oxygen atoms in total. The average Bonchev–Trinajstić information content (AvgIpc) is 3.15. The van der Waals surface area contributed by atoms with Gasteiger partial charge in [0.2, 0.25) is 6.79 Å². The van der Waals surface area contributed by atoms with Crippen molar-refractivity contribution in [3.63, 3.8) is 0 Å². The van der Waals surface area contributed by atoms with Crippen molar-refractivity contribution in [3.05, 3.63) is 23.8 Å². The summed E-state index contributed by atoms with van der Waals surface area (Å²) in [7, 11) is 0. The third-order valence-corrected chi connectivity index (χ3v) is 5.31. The molecule has 0 aliphatic carbocycles. The first kappa shape index (κ1) is 16.5. The number of ether oxygens (including phenoxy) is 4. The molecule has 1 aromatic carbocycles. The highest BCUT2D eigenvalue weighted by molar-refractivity contribution is 5.74. The largest absolute Gasteiger partial charge is 0.454 e. The number of benzene rings is 1. The quantitative estimate of drug-likeness (QED) is 0.897. The van der Waals surface area contributed by atoms with Gasteiger partial charge in [0.05, 0.1) is 13.2 Å². The number of rotatable bonds is 3. The van der Waals surface area contributed by atoms with Crippen molar-refractivity contribution in [2.75, 3.05) is 52.9 Å². The third-order valence-electron chi connectivity index (χ3n) is 5.31. The van der Waals surface area contributed by atoms with Gasteiger partial charge in [-0.05, 0) is 30.5 Å². The fourth-order valence-electron chi connectivity index (χ4n) is 3.68. The first-order valence-electron chi connectivity index (χ1n) is 8.85. The Balaban J connectivity index is 1.50. The summed E-state index contributed by atoms with van der Waals surface area (Å²) >= 11 is 0. The van der Waals surface area contributed by atoms with E-state index in [1.807, 2.05) is 11.0 Å². The van der Waals surface area contributed by atoms with Crippen LogP contribution in [0.1, 0.15) is 18.4 Å². The lowest BCUT2D eigenvalue weighted by Gasteiger charge is -2.38. The lowest BCUT2D eigenvalue weighted by molar-refractivity contribution is 0.0438. The van der Waals surface area contributed by atoms with Crippen molar-refractivity contribution < 1.29 is 23.7 Å². The molecule has 1 N–H and O–H groups in total. The Morgan fingerprint density at radius 3 is 2.56 bits per heavy atom. The SMILES string of the molecule is O=C(NCC1(c2ccc3c(c2)OCO3)CCOCC1)N1CCOCC1. The lowest BCUT2D eigenvalue weighted by atomic mass is 9.74. The number of hydrogen-bond donors (Lipinski definition) is 1. The van der Waals surface area contributed by atoms with Crippen molar-refractivity contribution in [1.29, 1.82) is 0 Å². The molecule has 25 heavy (non-hydrogen) atoms. The number of carbonyl (C=O) groups is 1. The highest BCUT2D eigenvalue weighted by atomic mass is 16.7. The fourth-order valence-corrected chi connectivity index (χ4v) is 3.68. The number of nitrogens with zero attached hydrogens (tertiary/aromatic N) is 1. The Labute approximate surface area is 147 Å². The van der Waals surface area contributed by atoms with Crippen LogP contribution in [-0.2, 0) is 14.9 Å². The molecule has 7 heteroatoms. The molecule has 1 aromatic rings. The van der Waals surface area contributed by atoms with E-state index < -0.39 is 0 Å². The minimum Gasteiger partial charge on any atom is -0.454 e. The maximum atomic E-state index is 12.5. The van der Waals surface area contributed by atoms with Crippen LogP contribution in [0, 0.1) is 0 Å². The van der Waals surface area contributed by atoms with Crippen LogP contribution >= 0.6 is 0 Å². The normalized spacial score (nSPS) is 21.8. The van der Waals surface area contributed by atoms with Crippen molar-refractivity contribution in [1.82, 2.24) is 10.2 Å². The maximum Gasteiger partial charge on any atom is 0.317 e. The minimum absolute atomic E-state index is 0.0186. The number of morpholine rings is 1. The first-order chi connectivity index (χ1) is 12.3. The van der Waals surface area contributed by atoms with Gasteiger partial charge >= 0.3 is 6.03 Å². The van der Waals surface area contributed by atoms with Gasteiger partial charge in [-0.1, -0.05) is 6.07 Å². The number of fused-ring (bicyclic) bond motifs is 1. The van der Waals surface area contributed by atoms with E-state index in [0.29, 0.717) is 46.1 Å². The number of hydrogen-bond acceptors (Lipinski definition) is 5. The van der Waals surface area contributed by atoms with Gasteiger partial charge in [-0.15, -0.1) is 0 Å². The standard InChI is InChI=1S/C18H24N2O5/c21-17(20-5-9-23-10-6-20)19-12-18(3-7-22-8-4-18)14-1-2-15-16(11-14)25-13-24-15/h1-2,11H,3-10,12-13H2,(H,19,21). The topological polar surface area (TPSA) is 69.3 Å². The summed E-state index contributed by atoms with van der Waals surface area (Å²) in [5.41, 5.74) is 1.03. The summed E-state index contributed by atoms with van der Waals surface area (Å²) < 4.78 is 21.8. The van der Waals surface area contributed by atoms with Gasteiger partial charge < -0.3 is 29.2 Å². The summed E-state index contributed by atoms with van der Waals surface area (Å²) in [6, 6.07) is 6.07. The zero-order valence-corrected chi connectivity index (χ0v) is 14.3. The molecule has 2 saturated heterocycles. The van der Waals surface area contributed by atoms with Gasteiger partial charge in [0.15, 0.2) is 11.5 Å². The highest BCUT2D eigenvalue weighted by Gasteiger charge is 2.36. The summed E-state index contributed by atoms with van der Waals surface area (Å²) in [6.45, 7) is 4.75. The van der Waals surface area contributed by atoms with Crippen molar-refractivity contribution in [3.8, 4) is 11.5 Å². The predicted molar refractivity (Wildman–Crippen MR) is 90.1 cm³/mol. The van der Waals surface area contributed by atoms with Crippen LogP contribution in [0.3, 0.4) is 0 Å². The lowest BCUT2D eigenvalue weighted by Crippen LogP contribution is -2.51. The zero-order valence-electron chi connectivity index (χ0n) is 14.3. The number of amides is 2. The molecule has 0 bridgehead atoms. The number of nitrogens with one attached hydrogen (secondary N) is 1. The fraction of sp³-hybridized carbons (Fsp3) is 0.611. The molecule has 0 radical (unpaired) electrons. The van der Waals surface area contributed by atoms with Crippen molar-refractivity contribution in [2.24, 2.45) is 0 Å². The van der Waals surface area contributed by atoms with Crippen LogP contribution in [0.5, 0.6) is 11.5 Å². The van der Waals surface area contributed by atoms with Crippen LogP contribution in [0.2, 0.25) is 0 Å². The molecular formula is C18H24N2O5. The molecule has 0 atom stereocenters. The monoisotopic (exact) mass is 348 g/mol. The van der Waals surface area contributed by atoms with E-state index in [-0.39, 0.29) is 18.2 Å². The van der Waals surface area contributed by atoms with Gasteiger partial charge in [-0.25, -0.2) is 4.79 Å². The second-order valence-electron chi connectivity index (χ2n) is 6.72. The molecule has 3 aliphatic rings. The second kappa shape index (κ2) is 7.09. The maximum absolute atomic E-state index is 12.5. The minimum atomic E-state index is -0.138. The average molecular weight is 348 g/mol. The third kappa shape index (κ3) is 3.39. The molecule has 2 fully saturated rings. The van der Waals surface area contributed by atoms with E-state index in [0.717, 1.165) is 24.3 Å².